The zero-order valence-electron chi connectivity index (χ0n) is 19.4. The van der Waals surface area contributed by atoms with Crippen LogP contribution in [0.15, 0.2) is 55.1 Å². The van der Waals surface area contributed by atoms with E-state index in [4.69, 9.17) is 0 Å². The van der Waals surface area contributed by atoms with Crippen LogP contribution in [0.25, 0.3) is 5.70 Å². The van der Waals surface area contributed by atoms with Gasteiger partial charge < -0.3 is 20.2 Å². The van der Waals surface area contributed by atoms with Crippen LogP contribution in [0.2, 0.25) is 0 Å². The van der Waals surface area contributed by atoms with Crippen molar-refractivity contribution >= 4 is 23.2 Å². The topological polar surface area (TPSA) is 96.7 Å². The highest BCUT2D eigenvalue weighted by Crippen LogP contribution is 2.47. The molecule has 3 aliphatic heterocycles. The van der Waals surface area contributed by atoms with Gasteiger partial charge in [-0.2, -0.15) is 5.26 Å². The van der Waals surface area contributed by atoms with Gasteiger partial charge in [-0.15, -0.1) is 0 Å². The zero-order chi connectivity index (χ0) is 24.2. The molecule has 7 nitrogen and oxygen atoms in total. The molecule has 7 heteroatoms. The molecule has 4 atom stereocenters. The second-order valence-corrected chi connectivity index (χ2v) is 9.86. The molecule has 0 aliphatic carbocycles. The van der Waals surface area contributed by atoms with Crippen LogP contribution in [-0.4, -0.2) is 45.3 Å². The first-order valence-corrected chi connectivity index (χ1v) is 11.6. The number of hydrogen-bond donors (Lipinski definition) is 2. The number of amides is 2. The van der Waals surface area contributed by atoms with Crippen molar-refractivity contribution in [3.8, 4) is 6.07 Å². The highest BCUT2D eigenvalue weighted by atomic mass is 16.3. The predicted octanol–water partition coefficient (Wildman–Crippen LogP) is 3.39. The molecular formula is C27H28N4O3. The van der Waals surface area contributed by atoms with Gasteiger partial charge in [0, 0.05) is 35.5 Å². The van der Waals surface area contributed by atoms with E-state index in [1.165, 1.54) is 4.90 Å². The Balaban J connectivity index is 1.51. The number of nitrogens with one attached hydrogen (secondary N) is 1. The van der Waals surface area contributed by atoms with E-state index in [0.717, 1.165) is 16.8 Å². The number of rotatable bonds is 4. The molecule has 3 heterocycles. The average molecular weight is 457 g/mol. The summed E-state index contributed by atoms with van der Waals surface area (Å²) in [6.45, 7) is 8.35. The normalized spacial score (nSPS) is 26.0. The standard InChI is InChI=1S/C27H28N4O3/c1-16(2)12-23(31-17(3)19-8-4-5-9-20(19)24(31)32)25(33)30-15-27(13-18(30)14-28)21-10-6-7-11-22(21)29-26(27)34/h4-11,16,18,23-24,32H,3,12-13,15H2,1-2H3,(H,29,34)/t18?,23-,24?,27-/m0/s1. The molecule has 2 aromatic carbocycles. The Bertz CT molecular complexity index is 1230. The number of benzene rings is 2. The number of carbonyl (C=O) groups is 2. The van der Waals surface area contributed by atoms with E-state index in [1.807, 2.05) is 62.4 Å². The van der Waals surface area contributed by atoms with Crippen LogP contribution in [0.5, 0.6) is 0 Å². The fourth-order valence-electron chi connectivity index (χ4n) is 5.74. The molecule has 34 heavy (non-hydrogen) atoms. The van der Waals surface area contributed by atoms with E-state index < -0.39 is 23.7 Å². The van der Waals surface area contributed by atoms with Gasteiger partial charge in [0.1, 0.15) is 12.1 Å². The third-order valence-corrected chi connectivity index (χ3v) is 7.36. The van der Waals surface area contributed by atoms with Crippen molar-refractivity contribution in [1.82, 2.24) is 9.80 Å². The average Bonchev–Trinajstić information content (AvgIpc) is 3.43. The second-order valence-electron chi connectivity index (χ2n) is 9.86. The Hall–Kier alpha value is -3.63. The third-order valence-electron chi connectivity index (χ3n) is 7.36. The molecule has 2 aromatic rings. The van der Waals surface area contributed by atoms with Gasteiger partial charge in [-0.1, -0.05) is 62.9 Å². The molecular weight excluding hydrogens is 428 g/mol. The molecule has 3 aliphatic rings. The van der Waals surface area contributed by atoms with Crippen LogP contribution >= 0.6 is 0 Å². The number of hydrogen-bond acceptors (Lipinski definition) is 5. The van der Waals surface area contributed by atoms with Gasteiger partial charge in [0.2, 0.25) is 11.8 Å². The van der Waals surface area contributed by atoms with Crippen LogP contribution in [-0.2, 0) is 15.0 Å². The number of carbonyl (C=O) groups excluding carboxylic acids is 2. The summed E-state index contributed by atoms with van der Waals surface area (Å²) in [5.74, 6) is -0.282. The summed E-state index contributed by atoms with van der Waals surface area (Å²) in [5.41, 5.74) is 2.74. The minimum Gasteiger partial charge on any atom is -0.369 e. The first-order chi connectivity index (χ1) is 16.3. The monoisotopic (exact) mass is 456 g/mol. The molecule has 5 rings (SSSR count). The number of para-hydroxylation sites is 1. The maximum atomic E-state index is 14.1. The number of aliphatic hydroxyl groups excluding tert-OH is 1. The summed E-state index contributed by atoms with van der Waals surface area (Å²) in [7, 11) is 0. The van der Waals surface area contributed by atoms with Crippen LogP contribution in [0.1, 0.15) is 49.6 Å². The van der Waals surface area contributed by atoms with Gasteiger partial charge in [0.15, 0.2) is 6.23 Å². The predicted molar refractivity (Wildman–Crippen MR) is 128 cm³/mol. The Labute approximate surface area is 199 Å². The number of fused-ring (bicyclic) bond motifs is 3. The van der Waals surface area contributed by atoms with Crippen molar-refractivity contribution in [2.24, 2.45) is 5.92 Å². The van der Waals surface area contributed by atoms with Crippen molar-refractivity contribution in [3.05, 3.63) is 71.8 Å². The van der Waals surface area contributed by atoms with E-state index in [9.17, 15) is 20.0 Å². The molecule has 1 spiro atoms. The summed E-state index contributed by atoms with van der Waals surface area (Å²) >= 11 is 0. The molecule has 0 aromatic heterocycles. The van der Waals surface area contributed by atoms with Crippen LogP contribution in [0.4, 0.5) is 5.69 Å². The molecule has 1 fully saturated rings. The quantitative estimate of drug-likeness (QED) is 0.735. The van der Waals surface area contributed by atoms with Crippen molar-refractivity contribution in [1.29, 1.82) is 5.26 Å². The Morgan fingerprint density at radius 1 is 1.26 bits per heavy atom. The van der Waals surface area contributed by atoms with Gasteiger partial charge in [-0.25, -0.2) is 0 Å². The minimum absolute atomic E-state index is 0.130. The number of nitriles is 1. The zero-order valence-corrected chi connectivity index (χ0v) is 19.4. The lowest BCUT2D eigenvalue weighted by Gasteiger charge is -2.36. The lowest BCUT2D eigenvalue weighted by Crippen LogP contribution is -2.50. The Morgan fingerprint density at radius 3 is 2.68 bits per heavy atom. The maximum absolute atomic E-state index is 14.1. The fourth-order valence-corrected chi connectivity index (χ4v) is 5.74. The molecule has 0 saturated carbocycles. The molecule has 174 valence electrons. The fraction of sp³-hybridized carbons (Fsp3) is 0.370. The van der Waals surface area contributed by atoms with Crippen molar-refractivity contribution in [2.75, 3.05) is 11.9 Å². The van der Waals surface area contributed by atoms with Gasteiger partial charge >= 0.3 is 0 Å². The van der Waals surface area contributed by atoms with Crippen LogP contribution in [0.3, 0.4) is 0 Å². The lowest BCUT2D eigenvalue weighted by molar-refractivity contribution is -0.140. The van der Waals surface area contributed by atoms with E-state index in [1.54, 1.807) is 4.90 Å². The summed E-state index contributed by atoms with van der Waals surface area (Å²) in [4.78, 5) is 30.4. The highest BCUT2D eigenvalue weighted by molar-refractivity contribution is 6.07. The van der Waals surface area contributed by atoms with E-state index in [2.05, 4.69) is 18.0 Å². The SMILES string of the molecule is C=C1c2ccccc2C(O)N1[C@@H](CC(C)C)C(=O)N1C[C@]2(CC1C#N)C(=O)Nc1ccccc12. The molecule has 2 amide bonds. The van der Waals surface area contributed by atoms with Gasteiger partial charge in [0.05, 0.1) is 11.5 Å². The smallest absolute Gasteiger partial charge is 0.246 e. The minimum atomic E-state index is -0.996. The van der Waals surface area contributed by atoms with Crippen molar-refractivity contribution in [2.45, 2.75) is 50.4 Å². The van der Waals surface area contributed by atoms with Crippen LogP contribution < -0.4 is 5.32 Å². The summed E-state index contributed by atoms with van der Waals surface area (Å²) in [6.07, 6.45) is -0.271. The molecule has 0 bridgehead atoms. The van der Waals surface area contributed by atoms with E-state index in [0.29, 0.717) is 17.7 Å². The number of anilines is 1. The Morgan fingerprint density at radius 2 is 1.97 bits per heavy atom. The van der Waals surface area contributed by atoms with Gasteiger partial charge in [-0.05, 0) is 24.0 Å². The first kappa shape index (κ1) is 22.2. The van der Waals surface area contributed by atoms with Crippen molar-refractivity contribution < 1.29 is 14.7 Å². The summed E-state index contributed by atoms with van der Waals surface area (Å²) < 4.78 is 0. The summed E-state index contributed by atoms with van der Waals surface area (Å²) in [6, 6.07) is 15.7. The highest BCUT2D eigenvalue weighted by Gasteiger charge is 2.57. The molecule has 0 radical (unpaired) electrons. The third kappa shape index (κ3) is 3.13. The largest absolute Gasteiger partial charge is 0.369 e. The molecule has 2 unspecified atom stereocenters. The van der Waals surface area contributed by atoms with Gasteiger partial charge in [-0.3, -0.25) is 9.59 Å². The van der Waals surface area contributed by atoms with E-state index >= 15 is 0 Å². The first-order valence-electron chi connectivity index (χ1n) is 11.6. The van der Waals surface area contributed by atoms with E-state index in [-0.39, 0.29) is 30.7 Å². The Kier molecular flexibility index (Phi) is 5.22. The number of likely N-dealkylation sites (tertiary alicyclic amines) is 1. The lowest BCUT2D eigenvalue weighted by atomic mass is 9.80. The summed E-state index contributed by atoms with van der Waals surface area (Å²) in [5, 5.41) is 24.1. The second kappa shape index (κ2) is 8.00. The van der Waals surface area contributed by atoms with Crippen molar-refractivity contribution in [3.63, 3.8) is 0 Å². The number of nitrogens with zero attached hydrogens (tertiary/aromatic N) is 3. The van der Waals surface area contributed by atoms with Gasteiger partial charge in [0.25, 0.3) is 0 Å². The molecule has 2 N–H and O–H groups in total. The maximum Gasteiger partial charge on any atom is 0.246 e. The molecule has 1 saturated heterocycles. The number of aliphatic hydroxyl groups is 1. The van der Waals surface area contributed by atoms with Crippen LogP contribution in [0, 0.1) is 17.2 Å².